The molecule has 6 N–H and O–H groups in total. The van der Waals surface area contributed by atoms with Gasteiger partial charge in [-0.2, -0.15) is 5.10 Å². The quantitative estimate of drug-likeness (QED) is 0.185. The van der Waals surface area contributed by atoms with E-state index in [0.717, 1.165) is 11.3 Å². The number of carboxylic acid groups (broad SMARTS) is 1. The number of rotatable bonds is 11. The number of pyridine rings is 3. The molecule has 4 aromatic rings. The lowest BCUT2D eigenvalue weighted by atomic mass is 10.1. The number of nitrogens with zero attached hydrogens (tertiary/aromatic N) is 4. The average molecular weight is 517 g/mol. The summed E-state index contributed by atoms with van der Waals surface area (Å²) in [6, 6.07) is 9.91. The summed E-state index contributed by atoms with van der Waals surface area (Å²) in [4.78, 5) is 49.3. The second-order valence-corrected chi connectivity index (χ2v) is 8.65. The first-order valence-corrected chi connectivity index (χ1v) is 12.1. The molecule has 0 unspecified atom stereocenters. The van der Waals surface area contributed by atoms with E-state index in [1.165, 1.54) is 0 Å². The Morgan fingerprint density at radius 1 is 1.08 bits per heavy atom. The third-order valence-electron chi connectivity index (χ3n) is 5.90. The van der Waals surface area contributed by atoms with Gasteiger partial charge in [-0.25, -0.2) is 9.78 Å². The van der Waals surface area contributed by atoms with Crippen molar-refractivity contribution in [2.75, 3.05) is 13.1 Å². The first-order chi connectivity index (χ1) is 18.4. The van der Waals surface area contributed by atoms with Crippen LogP contribution in [0.2, 0.25) is 0 Å². The summed E-state index contributed by atoms with van der Waals surface area (Å²) in [7, 11) is 0. The van der Waals surface area contributed by atoms with Gasteiger partial charge in [0.25, 0.3) is 5.91 Å². The number of hydrogen-bond donors (Lipinski definition) is 5. The van der Waals surface area contributed by atoms with Crippen LogP contribution in [-0.4, -0.2) is 67.2 Å². The van der Waals surface area contributed by atoms with Gasteiger partial charge >= 0.3 is 5.97 Å². The van der Waals surface area contributed by atoms with Crippen LogP contribution in [-0.2, 0) is 9.59 Å². The molecule has 0 bridgehead atoms. The van der Waals surface area contributed by atoms with Crippen LogP contribution < -0.4 is 16.4 Å². The number of fused-ring (bicyclic) bond motifs is 1. The Morgan fingerprint density at radius 2 is 1.92 bits per heavy atom. The minimum Gasteiger partial charge on any atom is -0.480 e. The molecule has 0 saturated carbocycles. The Bertz CT molecular complexity index is 1470. The minimum atomic E-state index is -1.13. The highest BCUT2D eigenvalue weighted by atomic mass is 16.4. The van der Waals surface area contributed by atoms with Crippen molar-refractivity contribution in [3.63, 3.8) is 0 Å². The summed E-state index contributed by atoms with van der Waals surface area (Å²) < 4.78 is 0. The van der Waals surface area contributed by atoms with Gasteiger partial charge in [0.05, 0.1) is 29.0 Å². The van der Waals surface area contributed by atoms with Crippen LogP contribution >= 0.6 is 0 Å². The Labute approximate surface area is 218 Å². The number of carboxylic acids is 1. The molecular formula is C26H28N8O4. The van der Waals surface area contributed by atoms with Gasteiger partial charge in [0.1, 0.15) is 17.3 Å². The molecule has 0 spiro atoms. The Kier molecular flexibility index (Phi) is 8.34. The van der Waals surface area contributed by atoms with E-state index in [9.17, 15) is 19.5 Å². The van der Waals surface area contributed by atoms with Crippen LogP contribution in [0, 0.1) is 6.92 Å². The molecule has 0 aliphatic heterocycles. The van der Waals surface area contributed by atoms with Crippen LogP contribution in [0.5, 0.6) is 0 Å². The van der Waals surface area contributed by atoms with Crippen molar-refractivity contribution in [1.82, 2.24) is 35.8 Å². The number of H-pyrrole nitrogens is 1. The highest BCUT2D eigenvalue weighted by Gasteiger charge is 2.19. The van der Waals surface area contributed by atoms with Crippen LogP contribution in [0.3, 0.4) is 0 Å². The number of aryl methyl sites for hydroxylation is 1. The molecule has 4 aromatic heterocycles. The summed E-state index contributed by atoms with van der Waals surface area (Å²) in [6.45, 7) is 1.95. The highest BCUT2D eigenvalue weighted by Crippen LogP contribution is 2.29. The lowest BCUT2D eigenvalue weighted by molar-refractivity contribution is -0.141. The molecule has 4 rings (SSSR count). The first-order valence-electron chi connectivity index (χ1n) is 12.1. The van der Waals surface area contributed by atoms with Crippen LogP contribution in [0.25, 0.3) is 33.7 Å². The number of carbonyl (C=O) groups is 3. The molecule has 0 fully saturated rings. The van der Waals surface area contributed by atoms with E-state index in [2.05, 4.69) is 30.8 Å². The van der Waals surface area contributed by atoms with Crippen molar-refractivity contribution < 1.29 is 19.5 Å². The zero-order valence-corrected chi connectivity index (χ0v) is 20.8. The highest BCUT2D eigenvalue weighted by molar-refractivity contribution is 6.05. The van der Waals surface area contributed by atoms with Gasteiger partial charge in [0.15, 0.2) is 0 Å². The second-order valence-electron chi connectivity index (χ2n) is 8.65. The van der Waals surface area contributed by atoms with Crippen molar-refractivity contribution >= 4 is 28.8 Å². The monoisotopic (exact) mass is 516 g/mol. The molecule has 0 saturated heterocycles. The summed E-state index contributed by atoms with van der Waals surface area (Å²) in [5.74, 6) is -1.97. The third kappa shape index (κ3) is 6.16. The van der Waals surface area contributed by atoms with E-state index in [4.69, 9.17) is 10.7 Å². The van der Waals surface area contributed by atoms with Gasteiger partial charge in [-0.15, -0.1) is 0 Å². The Balaban J connectivity index is 1.46. The molecule has 0 aromatic carbocycles. The van der Waals surface area contributed by atoms with E-state index in [1.807, 2.05) is 31.2 Å². The number of hydrogen-bond acceptors (Lipinski definition) is 8. The van der Waals surface area contributed by atoms with Crippen LogP contribution in [0.1, 0.15) is 35.3 Å². The Morgan fingerprint density at radius 3 is 2.68 bits per heavy atom. The van der Waals surface area contributed by atoms with Gasteiger partial charge in [-0.3, -0.25) is 24.7 Å². The number of amides is 2. The van der Waals surface area contributed by atoms with E-state index >= 15 is 0 Å². The molecule has 1 atom stereocenters. The number of nitrogens with one attached hydrogen (secondary N) is 3. The Hall–Kier alpha value is -4.71. The third-order valence-corrected chi connectivity index (χ3v) is 5.90. The predicted molar refractivity (Wildman–Crippen MR) is 140 cm³/mol. The number of carbonyl (C=O) groups excluding carboxylic acids is 2. The van der Waals surface area contributed by atoms with Crippen molar-refractivity contribution in [2.45, 2.75) is 32.2 Å². The fraction of sp³-hybridized carbons (Fsp3) is 0.269. The molecule has 2 amide bonds. The number of nitrogens with two attached hydrogens (primary N) is 1. The predicted octanol–water partition coefficient (Wildman–Crippen LogP) is 1.82. The molecular weight excluding hydrogens is 488 g/mol. The van der Waals surface area contributed by atoms with E-state index in [0.29, 0.717) is 53.1 Å². The SMILES string of the molecule is Cc1cccc(-c2n[nH]cc2-c2ccc3nccc(C(=O)NCCCC[C@H](NC(=O)CN)C(=O)O)c3n2)n1. The molecule has 12 heteroatoms. The van der Waals surface area contributed by atoms with Crippen molar-refractivity contribution in [3.05, 3.63) is 60.0 Å². The molecule has 4 heterocycles. The number of aliphatic carboxylic acids is 1. The van der Waals surface area contributed by atoms with Crippen LogP contribution in [0.4, 0.5) is 0 Å². The van der Waals surface area contributed by atoms with E-state index < -0.39 is 17.9 Å². The smallest absolute Gasteiger partial charge is 0.326 e. The lowest BCUT2D eigenvalue weighted by Crippen LogP contribution is -2.43. The van der Waals surface area contributed by atoms with E-state index in [1.54, 1.807) is 24.5 Å². The summed E-state index contributed by atoms with van der Waals surface area (Å²) in [5, 5.41) is 21.7. The lowest BCUT2D eigenvalue weighted by Gasteiger charge is -2.14. The largest absolute Gasteiger partial charge is 0.480 e. The number of aromatic amines is 1. The number of aromatic nitrogens is 5. The summed E-state index contributed by atoms with van der Waals surface area (Å²) >= 11 is 0. The topological polar surface area (TPSA) is 189 Å². The normalized spacial score (nSPS) is 11.7. The second kappa shape index (κ2) is 12.0. The van der Waals surface area contributed by atoms with Crippen molar-refractivity contribution in [3.8, 4) is 22.6 Å². The maximum absolute atomic E-state index is 13.0. The van der Waals surface area contributed by atoms with Gasteiger partial charge < -0.3 is 21.5 Å². The molecule has 0 aliphatic rings. The summed E-state index contributed by atoms with van der Waals surface area (Å²) in [6.07, 6.45) is 4.53. The van der Waals surface area contributed by atoms with Gasteiger partial charge in [0, 0.05) is 30.2 Å². The summed E-state index contributed by atoms with van der Waals surface area (Å²) in [5.41, 5.74) is 10.2. The van der Waals surface area contributed by atoms with Gasteiger partial charge in [-0.1, -0.05) is 6.07 Å². The van der Waals surface area contributed by atoms with Crippen molar-refractivity contribution in [2.24, 2.45) is 5.73 Å². The molecule has 12 nitrogen and oxygen atoms in total. The van der Waals surface area contributed by atoms with Gasteiger partial charge in [0.2, 0.25) is 5.91 Å². The zero-order chi connectivity index (χ0) is 27.1. The van der Waals surface area contributed by atoms with Crippen LogP contribution in [0.15, 0.2) is 48.8 Å². The first kappa shape index (κ1) is 26.4. The standard InChI is InChI=1S/C26H28N8O4/c1-15-5-4-7-20(31-15)24-17(14-30-34-24)18-8-9-19-23(33-18)16(10-12-28-19)25(36)29-11-3-2-6-21(26(37)38)32-22(35)13-27/h4-5,7-10,12,14,21H,2-3,6,11,13,27H2,1H3,(H,29,36)(H,30,34)(H,32,35)(H,37,38)/t21-/m0/s1. The average Bonchev–Trinajstić information content (AvgIpc) is 3.41. The minimum absolute atomic E-state index is 0.225. The molecule has 38 heavy (non-hydrogen) atoms. The molecule has 196 valence electrons. The molecule has 0 aliphatic carbocycles. The van der Waals surface area contributed by atoms with Crippen molar-refractivity contribution in [1.29, 1.82) is 0 Å². The zero-order valence-electron chi connectivity index (χ0n) is 20.8. The molecule has 0 radical (unpaired) electrons. The van der Waals surface area contributed by atoms with Gasteiger partial charge in [-0.05, 0) is 56.5 Å². The van der Waals surface area contributed by atoms with E-state index in [-0.39, 0.29) is 18.9 Å². The number of unbranched alkanes of at least 4 members (excludes halogenated alkanes) is 1. The maximum Gasteiger partial charge on any atom is 0.326 e. The fourth-order valence-corrected chi connectivity index (χ4v) is 4.00. The fourth-order valence-electron chi connectivity index (χ4n) is 4.00. The maximum atomic E-state index is 13.0.